The second kappa shape index (κ2) is 6.69. The van der Waals surface area contributed by atoms with Crippen molar-refractivity contribution in [2.75, 3.05) is 13.1 Å². The molecule has 0 heterocycles. The van der Waals surface area contributed by atoms with Gasteiger partial charge in [0, 0.05) is 4.47 Å². The Balaban J connectivity index is 1.83. The van der Waals surface area contributed by atoms with Crippen molar-refractivity contribution < 1.29 is 4.74 Å². The molecule has 0 saturated heterocycles. The van der Waals surface area contributed by atoms with Crippen molar-refractivity contribution in [2.45, 2.75) is 44.8 Å². The van der Waals surface area contributed by atoms with Crippen molar-refractivity contribution in [1.82, 2.24) is 5.32 Å². The van der Waals surface area contributed by atoms with Crippen LogP contribution in [-0.4, -0.2) is 18.7 Å². The Morgan fingerprint density at radius 2 is 2.22 bits per heavy atom. The van der Waals surface area contributed by atoms with E-state index in [-0.39, 0.29) is 5.60 Å². The van der Waals surface area contributed by atoms with Gasteiger partial charge >= 0.3 is 0 Å². The highest BCUT2D eigenvalue weighted by Crippen LogP contribution is 2.39. The van der Waals surface area contributed by atoms with Gasteiger partial charge in [-0.3, -0.25) is 0 Å². The van der Waals surface area contributed by atoms with Gasteiger partial charge in [0.2, 0.25) is 0 Å². The third kappa shape index (κ3) is 3.81. The number of ether oxygens (including phenoxy) is 1. The van der Waals surface area contributed by atoms with E-state index in [1.165, 1.54) is 24.8 Å². The van der Waals surface area contributed by atoms with Crippen LogP contribution in [0.2, 0.25) is 0 Å². The monoisotopic (exact) mass is 311 g/mol. The van der Waals surface area contributed by atoms with Gasteiger partial charge in [0.1, 0.15) is 0 Å². The summed E-state index contributed by atoms with van der Waals surface area (Å²) in [6.45, 7) is 4.98. The van der Waals surface area contributed by atoms with Crippen LogP contribution in [0.1, 0.15) is 38.2 Å². The quantitative estimate of drug-likeness (QED) is 0.771. The SMILES string of the molecule is CCNCCC1(OCc2cccc(Br)c2)CCC1. The van der Waals surface area contributed by atoms with E-state index in [0.29, 0.717) is 0 Å². The van der Waals surface area contributed by atoms with E-state index in [9.17, 15) is 0 Å². The Bertz CT molecular complexity index is 377. The second-order valence-corrected chi connectivity index (χ2v) is 5.97. The minimum Gasteiger partial charge on any atom is -0.370 e. The van der Waals surface area contributed by atoms with Crippen LogP contribution in [0.4, 0.5) is 0 Å². The maximum atomic E-state index is 6.19. The molecule has 1 aromatic rings. The molecule has 100 valence electrons. The first-order valence-electron chi connectivity index (χ1n) is 6.83. The van der Waals surface area contributed by atoms with Gasteiger partial charge in [0.15, 0.2) is 0 Å². The molecule has 0 aromatic heterocycles. The lowest BCUT2D eigenvalue weighted by molar-refractivity contribution is -0.113. The van der Waals surface area contributed by atoms with Crippen LogP contribution in [0.15, 0.2) is 28.7 Å². The van der Waals surface area contributed by atoms with E-state index in [4.69, 9.17) is 4.74 Å². The Morgan fingerprint density at radius 1 is 1.39 bits per heavy atom. The summed E-state index contributed by atoms with van der Waals surface area (Å²) in [4.78, 5) is 0. The van der Waals surface area contributed by atoms with Gasteiger partial charge in [0.05, 0.1) is 12.2 Å². The summed E-state index contributed by atoms with van der Waals surface area (Å²) in [5.74, 6) is 0. The van der Waals surface area contributed by atoms with E-state index in [1.54, 1.807) is 0 Å². The zero-order valence-electron chi connectivity index (χ0n) is 11.0. The molecular weight excluding hydrogens is 290 g/mol. The minimum atomic E-state index is 0.143. The number of nitrogens with one attached hydrogen (secondary N) is 1. The zero-order chi connectivity index (χ0) is 12.8. The lowest BCUT2D eigenvalue weighted by Crippen LogP contribution is -2.42. The number of halogens is 1. The molecule has 0 atom stereocenters. The van der Waals surface area contributed by atoms with Gasteiger partial charge in [-0.1, -0.05) is 35.0 Å². The number of hydrogen-bond acceptors (Lipinski definition) is 2. The fourth-order valence-corrected chi connectivity index (χ4v) is 2.84. The molecule has 3 heteroatoms. The third-order valence-corrected chi connectivity index (χ3v) is 4.20. The lowest BCUT2D eigenvalue weighted by atomic mass is 9.77. The molecule has 1 fully saturated rings. The Kier molecular flexibility index (Phi) is 5.22. The van der Waals surface area contributed by atoms with Crippen molar-refractivity contribution >= 4 is 15.9 Å². The maximum Gasteiger partial charge on any atom is 0.0724 e. The highest BCUT2D eigenvalue weighted by atomic mass is 79.9. The van der Waals surface area contributed by atoms with Crippen molar-refractivity contribution in [1.29, 1.82) is 0 Å². The zero-order valence-corrected chi connectivity index (χ0v) is 12.6. The number of benzene rings is 1. The van der Waals surface area contributed by atoms with Crippen molar-refractivity contribution in [3.05, 3.63) is 34.3 Å². The molecule has 0 bridgehead atoms. The number of hydrogen-bond donors (Lipinski definition) is 1. The van der Waals surface area contributed by atoms with Gasteiger partial charge in [-0.15, -0.1) is 0 Å². The maximum absolute atomic E-state index is 6.19. The van der Waals surface area contributed by atoms with Crippen LogP contribution in [-0.2, 0) is 11.3 Å². The molecule has 18 heavy (non-hydrogen) atoms. The third-order valence-electron chi connectivity index (χ3n) is 3.71. The first-order valence-corrected chi connectivity index (χ1v) is 7.62. The van der Waals surface area contributed by atoms with Crippen LogP contribution in [0.25, 0.3) is 0 Å². The summed E-state index contributed by atoms with van der Waals surface area (Å²) in [5, 5.41) is 3.39. The Morgan fingerprint density at radius 3 is 2.83 bits per heavy atom. The van der Waals surface area contributed by atoms with Crippen LogP contribution >= 0.6 is 15.9 Å². The van der Waals surface area contributed by atoms with Gasteiger partial charge in [-0.25, -0.2) is 0 Å². The fourth-order valence-electron chi connectivity index (χ4n) is 2.39. The first-order chi connectivity index (χ1) is 8.74. The predicted octanol–water partition coefficient (Wildman–Crippen LogP) is 3.89. The lowest BCUT2D eigenvalue weighted by Gasteiger charge is -2.42. The topological polar surface area (TPSA) is 21.3 Å². The Hall–Kier alpha value is -0.380. The van der Waals surface area contributed by atoms with Crippen LogP contribution < -0.4 is 5.32 Å². The number of rotatable bonds is 7. The highest BCUT2D eigenvalue weighted by molar-refractivity contribution is 9.10. The summed E-state index contributed by atoms with van der Waals surface area (Å²) in [6.07, 6.45) is 4.87. The molecule has 1 N–H and O–H groups in total. The van der Waals surface area contributed by atoms with E-state index < -0.39 is 0 Å². The van der Waals surface area contributed by atoms with E-state index in [2.05, 4.69) is 46.4 Å². The average Bonchev–Trinajstić information content (AvgIpc) is 2.32. The van der Waals surface area contributed by atoms with Crippen LogP contribution in [0.3, 0.4) is 0 Å². The molecular formula is C15H22BrNO. The van der Waals surface area contributed by atoms with Crippen molar-refractivity contribution in [3.8, 4) is 0 Å². The highest BCUT2D eigenvalue weighted by Gasteiger charge is 2.37. The largest absolute Gasteiger partial charge is 0.370 e. The summed E-state index contributed by atoms with van der Waals surface area (Å²) < 4.78 is 7.32. The average molecular weight is 312 g/mol. The van der Waals surface area contributed by atoms with Gasteiger partial charge < -0.3 is 10.1 Å². The van der Waals surface area contributed by atoms with Crippen LogP contribution in [0.5, 0.6) is 0 Å². The van der Waals surface area contributed by atoms with E-state index >= 15 is 0 Å². The molecule has 0 unspecified atom stereocenters. The molecule has 0 aliphatic heterocycles. The molecule has 1 saturated carbocycles. The van der Waals surface area contributed by atoms with Crippen molar-refractivity contribution in [2.24, 2.45) is 0 Å². The fraction of sp³-hybridized carbons (Fsp3) is 0.600. The molecule has 2 nitrogen and oxygen atoms in total. The summed E-state index contributed by atoms with van der Waals surface area (Å²) in [6, 6.07) is 8.38. The van der Waals surface area contributed by atoms with Crippen LogP contribution in [0, 0.1) is 0 Å². The normalized spacial score (nSPS) is 17.4. The van der Waals surface area contributed by atoms with Gasteiger partial charge in [-0.05, 0) is 56.5 Å². The predicted molar refractivity (Wildman–Crippen MR) is 78.7 cm³/mol. The molecule has 1 aromatic carbocycles. The first kappa shape index (κ1) is 14.0. The summed E-state index contributed by atoms with van der Waals surface area (Å²) in [5.41, 5.74) is 1.39. The molecule has 0 amide bonds. The summed E-state index contributed by atoms with van der Waals surface area (Å²) >= 11 is 3.50. The molecule has 0 spiro atoms. The minimum absolute atomic E-state index is 0.143. The smallest absolute Gasteiger partial charge is 0.0724 e. The van der Waals surface area contributed by atoms with Gasteiger partial charge in [0.25, 0.3) is 0 Å². The Labute approximate surface area is 118 Å². The molecule has 2 rings (SSSR count). The van der Waals surface area contributed by atoms with Gasteiger partial charge in [-0.2, -0.15) is 0 Å². The molecule has 1 aliphatic carbocycles. The van der Waals surface area contributed by atoms with E-state index in [0.717, 1.165) is 30.6 Å². The van der Waals surface area contributed by atoms with E-state index in [1.807, 2.05) is 6.07 Å². The standard InChI is InChI=1S/C15H22BrNO/c1-2-17-10-9-15(7-4-8-15)18-12-13-5-3-6-14(16)11-13/h3,5-6,11,17H,2,4,7-10,12H2,1H3. The summed E-state index contributed by atoms with van der Waals surface area (Å²) in [7, 11) is 0. The molecule has 0 radical (unpaired) electrons. The molecule has 1 aliphatic rings. The van der Waals surface area contributed by atoms with Crippen molar-refractivity contribution in [3.63, 3.8) is 0 Å². The second-order valence-electron chi connectivity index (χ2n) is 5.06.